The first-order valence-corrected chi connectivity index (χ1v) is 7.07. The van der Waals surface area contributed by atoms with E-state index >= 15 is 0 Å². The predicted molar refractivity (Wildman–Crippen MR) is 71.4 cm³/mol. The van der Waals surface area contributed by atoms with Crippen LogP contribution in [0.15, 0.2) is 18.3 Å². The van der Waals surface area contributed by atoms with Crippen LogP contribution in [-0.4, -0.2) is 27.2 Å². The quantitative estimate of drug-likeness (QED) is 0.678. The van der Waals surface area contributed by atoms with Gasteiger partial charge in [0.25, 0.3) is 0 Å². The van der Waals surface area contributed by atoms with Gasteiger partial charge in [0, 0.05) is 11.8 Å². The monoisotopic (exact) mass is 278 g/mol. The van der Waals surface area contributed by atoms with E-state index in [1.54, 1.807) is 12.1 Å². The van der Waals surface area contributed by atoms with Crippen LogP contribution in [0.4, 0.5) is 5.82 Å². The third-order valence-corrected chi connectivity index (χ3v) is 4.72. The van der Waals surface area contributed by atoms with Crippen molar-refractivity contribution in [2.24, 2.45) is 5.41 Å². The Morgan fingerprint density at radius 2 is 2.15 bits per heavy atom. The summed E-state index contributed by atoms with van der Waals surface area (Å²) in [5.41, 5.74) is -0.206. The Morgan fingerprint density at radius 1 is 1.40 bits per heavy atom. The molecule has 0 radical (unpaired) electrons. The highest BCUT2D eigenvalue weighted by Crippen LogP contribution is 2.53. The van der Waals surface area contributed by atoms with Gasteiger partial charge in [-0.05, 0) is 34.9 Å². The van der Waals surface area contributed by atoms with E-state index in [9.17, 15) is 15.2 Å². The van der Waals surface area contributed by atoms with Crippen LogP contribution in [0.5, 0.6) is 5.75 Å². The molecule has 2 aliphatic rings. The molecule has 2 unspecified atom stereocenters. The second-order valence-corrected chi connectivity index (χ2v) is 5.73. The third-order valence-electron chi connectivity index (χ3n) is 4.72. The highest BCUT2D eigenvalue weighted by Gasteiger charge is 2.56. The fourth-order valence-electron chi connectivity index (χ4n) is 3.52. The van der Waals surface area contributed by atoms with E-state index in [2.05, 4.69) is 4.98 Å². The lowest BCUT2D eigenvalue weighted by atomic mass is 9.56. The summed E-state index contributed by atoms with van der Waals surface area (Å²) in [7, 11) is 0. The number of hydrogen-bond donors (Lipinski definition) is 1. The first kappa shape index (κ1) is 13.3. The number of ether oxygens (including phenoxy) is 1. The molecule has 0 saturated heterocycles. The van der Waals surface area contributed by atoms with Crippen LogP contribution < -0.4 is 4.74 Å². The Bertz CT molecular complexity index is 514. The predicted octanol–water partition coefficient (Wildman–Crippen LogP) is 2.45. The molecular formula is C14H18N2O4. The normalized spacial score (nSPS) is 27.9. The lowest BCUT2D eigenvalue weighted by Crippen LogP contribution is -2.60. The molecule has 1 heterocycles. The Labute approximate surface area is 116 Å². The van der Waals surface area contributed by atoms with E-state index in [-0.39, 0.29) is 29.2 Å². The molecule has 0 aromatic carbocycles. The molecule has 0 amide bonds. The Kier molecular flexibility index (Phi) is 3.33. The number of aromatic nitrogens is 1. The summed E-state index contributed by atoms with van der Waals surface area (Å²) in [6.07, 6.45) is 6.69. The van der Waals surface area contributed by atoms with Crippen molar-refractivity contribution >= 4 is 5.82 Å². The van der Waals surface area contributed by atoms with Crippen molar-refractivity contribution in [3.8, 4) is 5.75 Å². The third kappa shape index (κ3) is 2.04. The molecule has 3 rings (SSSR count). The van der Waals surface area contributed by atoms with Crippen LogP contribution >= 0.6 is 0 Å². The molecule has 108 valence electrons. The molecule has 1 aromatic rings. The summed E-state index contributed by atoms with van der Waals surface area (Å²) < 4.78 is 5.84. The van der Waals surface area contributed by atoms with Gasteiger partial charge in [0.2, 0.25) is 5.75 Å². The highest BCUT2D eigenvalue weighted by molar-refractivity contribution is 5.39. The average Bonchev–Trinajstić information content (AvgIpc) is 2.48. The van der Waals surface area contributed by atoms with Crippen LogP contribution in [0, 0.1) is 15.5 Å². The average molecular weight is 278 g/mol. The maximum absolute atomic E-state index is 11.0. The second-order valence-electron chi connectivity index (χ2n) is 5.73. The molecule has 2 atom stereocenters. The molecule has 1 N–H and O–H groups in total. The molecule has 6 heteroatoms. The molecule has 2 aliphatic carbocycles. The van der Waals surface area contributed by atoms with Crippen LogP contribution in [0.1, 0.15) is 38.5 Å². The summed E-state index contributed by atoms with van der Waals surface area (Å²) in [6, 6.07) is 3.21. The fourth-order valence-corrected chi connectivity index (χ4v) is 3.52. The summed E-state index contributed by atoms with van der Waals surface area (Å²) >= 11 is 0. The smallest absolute Gasteiger partial charge is 0.406 e. The van der Waals surface area contributed by atoms with Crippen LogP contribution in [0.25, 0.3) is 0 Å². The zero-order valence-electron chi connectivity index (χ0n) is 11.2. The molecule has 2 saturated carbocycles. The topological polar surface area (TPSA) is 85.5 Å². The second kappa shape index (κ2) is 5.01. The minimum Gasteiger partial charge on any atom is -0.482 e. The molecule has 1 spiro atoms. The van der Waals surface area contributed by atoms with Gasteiger partial charge in [-0.25, -0.2) is 0 Å². The van der Waals surface area contributed by atoms with Crippen molar-refractivity contribution in [1.82, 2.24) is 4.98 Å². The summed E-state index contributed by atoms with van der Waals surface area (Å²) in [6.45, 7) is 0. The van der Waals surface area contributed by atoms with Gasteiger partial charge in [-0.15, -0.1) is 0 Å². The van der Waals surface area contributed by atoms with E-state index in [1.165, 1.54) is 12.6 Å². The maximum Gasteiger partial charge on any atom is 0.406 e. The van der Waals surface area contributed by atoms with Gasteiger partial charge >= 0.3 is 5.82 Å². The van der Waals surface area contributed by atoms with Crippen LogP contribution in [-0.2, 0) is 0 Å². The molecule has 0 aliphatic heterocycles. The Morgan fingerprint density at radius 3 is 2.80 bits per heavy atom. The SMILES string of the molecule is O=[N+]([O-])c1ncccc1OC1CC(O)C12CCCCC2. The van der Waals surface area contributed by atoms with Crippen molar-refractivity contribution in [3.05, 3.63) is 28.4 Å². The van der Waals surface area contributed by atoms with E-state index in [4.69, 9.17) is 4.74 Å². The number of aliphatic hydroxyl groups is 1. The molecule has 6 nitrogen and oxygen atoms in total. The van der Waals surface area contributed by atoms with Crippen molar-refractivity contribution in [2.75, 3.05) is 0 Å². The number of nitro groups is 1. The summed E-state index contributed by atoms with van der Waals surface area (Å²) in [5, 5.41) is 21.1. The molecule has 2 fully saturated rings. The highest BCUT2D eigenvalue weighted by atomic mass is 16.6. The van der Waals surface area contributed by atoms with Gasteiger partial charge in [-0.3, -0.25) is 0 Å². The van der Waals surface area contributed by atoms with Gasteiger partial charge in [-0.1, -0.05) is 19.3 Å². The molecule has 1 aromatic heterocycles. The van der Waals surface area contributed by atoms with Crippen LogP contribution in [0.3, 0.4) is 0 Å². The van der Waals surface area contributed by atoms with Crippen molar-refractivity contribution in [1.29, 1.82) is 0 Å². The minimum absolute atomic E-state index is 0.138. The first-order valence-electron chi connectivity index (χ1n) is 7.07. The molecular weight excluding hydrogens is 260 g/mol. The van der Waals surface area contributed by atoms with Crippen molar-refractivity contribution < 1.29 is 14.8 Å². The van der Waals surface area contributed by atoms with Gasteiger partial charge in [0.15, 0.2) is 0 Å². The standard InChI is InChI=1S/C14H18N2O4/c17-11-9-12(14(11)6-2-1-3-7-14)20-10-5-4-8-15-13(10)16(18)19/h4-5,8,11-12,17H,1-3,6-7,9H2. The Hall–Kier alpha value is -1.69. The molecule has 20 heavy (non-hydrogen) atoms. The van der Waals surface area contributed by atoms with Gasteiger partial charge < -0.3 is 20.0 Å². The lowest BCUT2D eigenvalue weighted by Gasteiger charge is -2.54. The number of rotatable bonds is 3. The van der Waals surface area contributed by atoms with Crippen molar-refractivity contribution in [3.63, 3.8) is 0 Å². The van der Waals surface area contributed by atoms with E-state index in [1.807, 2.05) is 0 Å². The lowest BCUT2D eigenvalue weighted by molar-refractivity contribution is -0.391. The van der Waals surface area contributed by atoms with E-state index < -0.39 is 4.92 Å². The van der Waals surface area contributed by atoms with Gasteiger partial charge in [0.05, 0.1) is 6.10 Å². The number of aliphatic hydroxyl groups excluding tert-OH is 1. The Balaban J connectivity index is 1.80. The minimum atomic E-state index is -0.530. The summed E-state index contributed by atoms with van der Waals surface area (Å²) in [4.78, 5) is 14.2. The fraction of sp³-hybridized carbons (Fsp3) is 0.643. The number of hydrogen-bond acceptors (Lipinski definition) is 5. The van der Waals surface area contributed by atoms with Crippen LogP contribution in [0.2, 0.25) is 0 Å². The summed E-state index contributed by atoms with van der Waals surface area (Å²) in [5.74, 6) is -0.0424. The van der Waals surface area contributed by atoms with Crippen molar-refractivity contribution in [2.45, 2.75) is 50.7 Å². The number of pyridine rings is 1. The zero-order valence-corrected chi connectivity index (χ0v) is 11.2. The van der Waals surface area contributed by atoms with E-state index in [0.29, 0.717) is 6.42 Å². The van der Waals surface area contributed by atoms with E-state index in [0.717, 1.165) is 25.7 Å². The van der Waals surface area contributed by atoms with Gasteiger partial charge in [0.1, 0.15) is 12.3 Å². The van der Waals surface area contributed by atoms with Gasteiger partial charge in [-0.2, -0.15) is 0 Å². The zero-order chi connectivity index (χ0) is 14.2. The number of nitrogens with zero attached hydrogens (tertiary/aromatic N) is 2. The first-order chi connectivity index (χ1) is 9.63. The largest absolute Gasteiger partial charge is 0.482 e. The molecule has 0 bridgehead atoms. The maximum atomic E-state index is 11.0.